The van der Waals surface area contributed by atoms with E-state index in [1.54, 1.807) is 12.1 Å². The van der Waals surface area contributed by atoms with Gasteiger partial charge in [-0.25, -0.2) is 9.97 Å². The predicted molar refractivity (Wildman–Crippen MR) is 125 cm³/mol. The summed E-state index contributed by atoms with van der Waals surface area (Å²) in [5.74, 6) is 1.88. The molecule has 2 N–H and O–H groups in total. The molecule has 170 valence electrons. The van der Waals surface area contributed by atoms with E-state index in [0.717, 1.165) is 56.4 Å². The Labute approximate surface area is 189 Å². The molecule has 0 spiro atoms. The Hall–Kier alpha value is -3.00. The summed E-state index contributed by atoms with van der Waals surface area (Å²) in [7, 11) is 0. The molecule has 8 heteroatoms. The average molecular weight is 437 g/mol. The van der Waals surface area contributed by atoms with Crippen LogP contribution < -0.4 is 15.5 Å². The van der Waals surface area contributed by atoms with Crippen LogP contribution in [0.3, 0.4) is 0 Å². The average Bonchev–Trinajstić information content (AvgIpc) is 3.58. The third-order valence-corrected chi connectivity index (χ3v) is 5.80. The van der Waals surface area contributed by atoms with E-state index in [2.05, 4.69) is 39.3 Å². The van der Waals surface area contributed by atoms with Gasteiger partial charge in [0.1, 0.15) is 11.6 Å². The molecule has 2 aromatic rings. The minimum atomic E-state index is -0.127. The Morgan fingerprint density at radius 2 is 1.81 bits per heavy atom. The fraction of sp³-hybridized carbons (Fsp3) is 0.500. The second kappa shape index (κ2) is 9.65. The highest BCUT2D eigenvalue weighted by Crippen LogP contribution is 2.22. The molecule has 1 aromatic carbocycles. The van der Waals surface area contributed by atoms with Crippen molar-refractivity contribution in [3.8, 4) is 0 Å². The number of amides is 2. The SMILES string of the molecule is Cc1cc(N2CCN(CC(=O)Nc3ccccc3C(=O)NC3CC3)CC2)nc(C(C)C)n1. The smallest absolute Gasteiger partial charge is 0.253 e. The van der Waals surface area contributed by atoms with Crippen LogP contribution in [0.15, 0.2) is 30.3 Å². The van der Waals surface area contributed by atoms with Crippen LogP contribution in [-0.2, 0) is 4.79 Å². The van der Waals surface area contributed by atoms with E-state index in [1.165, 1.54) is 0 Å². The van der Waals surface area contributed by atoms with Gasteiger partial charge < -0.3 is 15.5 Å². The summed E-state index contributed by atoms with van der Waals surface area (Å²) in [6.45, 7) is 9.66. The number of hydrogen-bond acceptors (Lipinski definition) is 6. The highest BCUT2D eigenvalue weighted by atomic mass is 16.2. The van der Waals surface area contributed by atoms with Crippen LogP contribution in [0.4, 0.5) is 11.5 Å². The van der Waals surface area contributed by atoms with Crippen LogP contribution in [0.5, 0.6) is 0 Å². The number of nitrogens with one attached hydrogen (secondary N) is 2. The van der Waals surface area contributed by atoms with Crippen molar-refractivity contribution in [2.75, 3.05) is 42.9 Å². The summed E-state index contributed by atoms with van der Waals surface area (Å²) in [6, 6.07) is 9.48. The van der Waals surface area contributed by atoms with Crippen molar-refractivity contribution in [1.29, 1.82) is 0 Å². The molecule has 1 aliphatic heterocycles. The molecule has 1 saturated carbocycles. The molecule has 2 fully saturated rings. The Kier molecular flexibility index (Phi) is 6.69. The van der Waals surface area contributed by atoms with Gasteiger partial charge in [0.05, 0.1) is 17.8 Å². The number of nitrogens with zero attached hydrogens (tertiary/aromatic N) is 4. The maximum atomic E-state index is 12.7. The van der Waals surface area contributed by atoms with Gasteiger partial charge in [-0.3, -0.25) is 14.5 Å². The normalized spacial score (nSPS) is 16.8. The quantitative estimate of drug-likeness (QED) is 0.693. The number of carbonyl (C=O) groups is 2. The lowest BCUT2D eigenvalue weighted by Gasteiger charge is -2.35. The molecule has 1 aliphatic carbocycles. The molecular weight excluding hydrogens is 404 g/mol. The van der Waals surface area contributed by atoms with Gasteiger partial charge in [-0.1, -0.05) is 26.0 Å². The first-order chi connectivity index (χ1) is 15.4. The van der Waals surface area contributed by atoms with Crippen molar-refractivity contribution < 1.29 is 9.59 Å². The van der Waals surface area contributed by atoms with Gasteiger partial charge >= 0.3 is 0 Å². The summed E-state index contributed by atoms with van der Waals surface area (Å²) >= 11 is 0. The zero-order chi connectivity index (χ0) is 22.7. The summed E-state index contributed by atoms with van der Waals surface area (Å²) in [4.78, 5) is 38.8. The molecule has 0 bridgehead atoms. The van der Waals surface area contributed by atoms with Gasteiger partial charge in [0.25, 0.3) is 5.91 Å². The van der Waals surface area contributed by atoms with Crippen LogP contribution in [0, 0.1) is 6.92 Å². The molecule has 1 saturated heterocycles. The first kappa shape index (κ1) is 22.2. The van der Waals surface area contributed by atoms with E-state index in [0.29, 0.717) is 17.8 Å². The molecule has 0 radical (unpaired) electrons. The third kappa shape index (κ3) is 5.62. The first-order valence-electron chi connectivity index (χ1n) is 11.4. The fourth-order valence-corrected chi connectivity index (χ4v) is 3.80. The minimum Gasteiger partial charge on any atom is -0.354 e. The molecule has 32 heavy (non-hydrogen) atoms. The summed E-state index contributed by atoms with van der Waals surface area (Å²) in [5, 5.41) is 5.91. The monoisotopic (exact) mass is 436 g/mol. The molecule has 0 atom stereocenters. The molecule has 0 unspecified atom stereocenters. The summed E-state index contributed by atoms with van der Waals surface area (Å²) in [5.41, 5.74) is 2.05. The maximum absolute atomic E-state index is 12.7. The van der Waals surface area contributed by atoms with Gasteiger partial charge in [0.2, 0.25) is 5.91 Å². The highest BCUT2D eigenvalue weighted by molar-refractivity contribution is 6.04. The topological polar surface area (TPSA) is 90.5 Å². The third-order valence-electron chi connectivity index (χ3n) is 5.80. The zero-order valence-electron chi connectivity index (χ0n) is 19.1. The summed E-state index contributed by atoms with van der Waals surface area (Å²) < 4.78 is 0. The van der Waals surface area contributed by atoms with Gasteiger partial charge in [0, 0.05) is 49.9 Å². The number of aromatic nitrogens is 2. The van der Waals surface area contributed by atoms with Crippen LogP contribution in [0.2, 0.25) is 0 Å². The van der Waals surface area contributed by atoms with Gasteiger partial charge in [-0.05, 0) is 31.9 Å². The number of anilines is 2. The molecular formula is C24H32N6O2. The Morgan fingerprint density at radius 3 is 2.50 bits per heavy atom. The fourth-order valence-electron chi connectivity index (χ4n) is 3.80. The molecule has 2 amide bonds. The van der Waals surface area contributed by atoms with E-state index in [1.807, 2.05) is 25.1 Å². The van der Waals surface area contributed by atoms with Crippen molar-refractivity contribution in [2.24, 2.45) is 0 Å². The van der Waals surface area contributed by atoms with Gasteiger partial charge in [0.15, 0.2) is 0 Å². The minimum absolute atomic E-state index is 0.106. The standard InChI is InChI=1S/C24H32N6O2/c1-16(2)23-25-17(3)14-21(28-23)30-12-10-29(11-13-30)15-22(31)27-20-7-5-4-6-19(20)24(32)26-18-8-9-18/h4-7,14,16,18H,8-13,15H2,1-3H3,(H,26,32)(H,27,31). The molecule has 2 aliphatic rings. The lowest BCUT2D eigenvalue weighted by atomic mass is 10.1. The van der Waals surface area contributed by atoms with Gasteiger partial charge in [-0.15, -0.1) is 0 Å². The Bertz CT molecular complexity index is 980. The number of piperazine rings is 1. The summed E-state index contributed by atoms with van der Waals surface area (Å²) in [6.07, 6.45) is 2.05. The first-order valence-corrected chi connectivity index (χ1v) is 11.4. The van der Waals surface area contributed by atoms with Gasteiger partial charge in [-0.2, -0.15) is 0 Å². The second-order valence-corrected chi connectivity index (χ2v) is 8.99. The molecule has 8 nitrogen and oxygen atoms in total. The van der Waals surface area contributed by atoms with Crippen molar-refractivity contribution in [3.63, 3.8) is 0 Å². The Balaban J connectivity index is 1.31. The number of aryl methyl sites for hydroxylation is 1. The number of rotatable bonds is 7. The second-order valence-electron chi connectivity index (χ2n) is 8.99. The predicted octanol–water partition coefficient (Wildman–Crippen LogP) is 2.56. The molecule has 1 aromatic heterocycles. The van der Waals surface area contributed by atoms with Crippen molar-refractivity contribution in [2.45, 2.75) is 45.6 Å². The molecule has 2 heterocycles. The molecule has 4 rings (SSSR count). The van der Waals surface area contributed by atoms with E-state index < -0.39 is 0 Å². The highest BCUT2D eigenvalue weighted by Gasteiger charge is 2.25. The van der Waals surface area contributed by atoms with E-state index >= 15 is 0 Å². The van der Waals surface area contributed by atoms with E-state index in [-0.39, 0.29) is 23.8 Å². The maximum Gasteiger partial charge on any atom is 0.253 e. The van der Waals surface area contributed by atoms with Crippen molar-refractivity contribution in [3.05, 3.63) is 47.4 Å². The van der Waals surface area contributed by atoms with Crippen LogP contribution in [0.1, 0.15) is 54.5 Å². The van der Waals surface area contributed by atoms with Crippen molar-refractivity contribution in [1.82, 2.24) is 20.2 Å². The largest absolute Gasteiger partial charge is 0.354 e. The lowest BCUT2D eigenvalue weighted by Crippen LogP contribution is -2.49. The number of benzene rings is 1. The van der Waals surface area contributed by atoms with Crippen molar-refractivity contribution >= 4 is 23.3 Å². The van der Waals surface area contributed by atoms with E-state index in [9.17, 15) is 9.59 Å². The van der Waals surface area contributed by atoms with Crippen LogP contribution in [0.25, 0.3) is 0 Å². The number of carbonyl (C=O) groups excluding carboxylic acids is 2. The van der Waals surface area contributed by atoms with Crippen LogP contribution in [-0.4, -0.2) is 65.4 Å². The van der Waals surface area contributed by atoms with E-state index in [4.69, 9.17) is 4.98 Å². The van der Waals surface area contributed by atoms with Crippen LogP contribution >= 0.6 is 0 Å². The Morgan fingerprint density at radius 1 is 1.09 bits per heavy atom. The number of para-hydroxylation sites is 1. The lowest BCUT2D eigenvalue weighted by molar-refractivity contribution is -0.117. The number of hydrogen-bond donors (Lipinski definition) is 2. The zero-order valence-corrected chi connectivity index (χ0v) is 19.1.